The van der Waals surface area contributed by atoms with E-state index in [9.17, 15) is 21.6 Å². The maximum atomic E-state index is 13.0. The summed E-state index contributed by atoms with van der Waals surface area (Å²) in [5.74, 6) is -0.404. The molecular weight excluding hydrogens is 573 g/mol. The van der Waals surface area contributed by atoms with E-state index in [0.29, 0.717) is 53.8 Å². The molecule has 9 nitrogen and oxygen atoms in total. The van der Waals surface area contributed by atoms with Crippen molar-refractivity contribution in [2.45, 2.75) is 36.3 Å². The predicted molar refractivity (Wildman–Crippen MR) is 146 cm³/mol. The van der Waals surface area contributed by atoms with Gasteiger partial charge in [-0.2, -0.15) is 4.31 Å². The van der Waals surface area contributed by atoms with Crippen LogP contribution >= 0.6 is 23.2 Å². The number of amides is 1. The van der Waals surface area contributed by atoms with Crippen LogP contribution in [0.4, 0.5) is 0 Å². The fourth-order valence-electron chi connectivity index (χ4n) is 4.61. The number of benzene rings is 2. The number of hydrogen-bond donors (Lipinski definition) is 1. The third kappa shape index (κ3) is 7.19. The molecule has 1 N–H and O–H groups in total. The number of ether oxygens (including phenoxy) is 1. The van der Waals surface area contributed by atoms with Crippen LogP contribution in [0.1, 0.15) is 31.2 Å². The van der Waals surface area contributed by atoms with E-state index in [1.807, 2.05) is 0 Å². The van der Waals surface area contributed by atoms with Gasteiger partial charge in [0, 0.05) is 26.2 Å². The highest BCUT2D eigenvalue weighted by Crippen LogP contribution is 2.26. The first-order chi connectivity index (χ1) is 18.1. The van der Waals surface area contributed by atoms with Gasteiger partial charge in [0.05, 0.1) is 33.2 Å². The molecular formula is C25H31Cl2N3O6S2. The fourth-order valence-corrected chi connectivity index (χ4v) is 8.05. The molecule has 4 rings (SSSR count). The molecule has 0 bridgehead atoms. The van der Waals surface area contributed by atoms with E-state index in [4.69, 9.17) is 27.9 Å². The number of hydrogen-bond acceptors (Lipinski definition) is 6. The number of nitrogens with one attached hydrogen (secondary N) is 1. The normalized spacial score (nSPS) is 19.4. The van der Waals surface area contributed by atoms with Crippen LogP contribution in [0.15, 0.2) is 47.4 Å². The van der Waals surface area contributed by atoms with Crippen molar-refractivity contribution < 1.29 is 26.4 Å². The van der Waals surface area contributed by atoms with Crippen LogP contribution in [0.3, 0.4) is 0 Å². The zero-order chi connectivity index (χ0) is 27.3. The molecule has 0 aromatic heterocycles. The van der Waals surface area contributed by atoms with E-state index < -0.39 is 26.0 Å². The average molecular weight is 605 g/mol. The first kappa shape index (κ1) is 29.1. The van der Waals surface area contributed by atoms with Gasteiger partial charge in [-0.1, -0.05) is 29.3 Å². The molecule has 208 valence electrons. The highest BCUT2D eigenvalue weighted by atomic mass is 35.5. The van der Waals surface area contributed by atoms with Crippen LogP contribution in [0.2, 0.25) is 10.0 Å². The van der Waals surface area contributed by atoms with Crippen LogP contribution in [-0.2, 0) is 30.6 Å². The minimum atomic E-state index is -3.63. The van der Waals surface area contributed by atoms with E-state index in [1.165, 1.54) is 26.8 Å². The third-order valence-corrected chi connectivity index (χ3v) is 11.1. The average Bonchev–Trinajstić information content (AvgIpc) is 3.45. The lowest BCUT2D eigenvalue weighted by atomic mass is 9.99. The summed E-state index contributed by atoms with van der Waals surface area (Å²) in [7, 11) is -7.11. The van der Waals surface area contributed by atoms with Crippen LogP contribution in [0.25, 0.3) is 0 Å². The summed E-state index contributed by atoms with van der Waals surface area (Å²) in [5.41, 5.74) is 0.532. The van der Waals surface area contributed by atoms with Gasteiger partial charge in [-0.25, -0.2) is 21.1 Å². The van der Waals surface area contributed by atoms with Crippen LogP contribution < -0.4 is 10.1 Å². The molecule has 0 aliphatic carbocycles. The lowest BCUT2D eigenvalue weighted by Gasteiger charge is -2.31. The van der Waals surface area contributed by atoms with Crippen LogP contribution in [0, 0.1) is 5.92 Å². The molecule has 2 fully saturated rings. The zero-order valence-electron chi connectivity index (χ0n) is 20.8. The van der Waals surface area contributed by atoms with Gasteiger partial charge in [0.1, 0.15) is 12.4 Å². The van der Waals surface area contributed by atoms with Gasteiger partial charge in [-0.3, -0.25) is 4.79 Å². The molecule has 1 amide bonds. The first-order valence-corrected chi connectivity index (χ1v) is 16.3. The van der Waals surface area contributed by atoms with Crippen molar-refractivity contribution in [3.05, 3.63) is 58.1 Å². The van der Waals surface area contributed by atoms with E-state index >= 15 is 0 Å². The molecule has 13 heteroatoms. The summed E-state index contributed by atoms with van der Waals surface area (Å²) in [6.07, 6.45) is 2.93. The first-order valence-electron chi connectivity index (χ1n) is 12.5. The molecule has 0 radical (unpaired) electrons. The summed E-state index contributed by atoms with van der Waals surface area (Å²) in [6.45, 7) is 1.99. The Morgan fingerprint density at radius 2 is 1.61 bits per heavy atom. The second kappa shape index (κ2) is 12.5. The SMILES string of the molecule is O=C(NCCOc1ccc(S(=O)(=O)N2CCCC2)cc1)[C@H]1CCCN(S(=O)(=O)Cc2ccc(Cl)c(Cl)c2)C1. The highest BCUT2D eigenvalue weighted by Gasteiger charge is 2.32. The number of sulfonamides is 2. The lowest BCUT2D eigenvalue weighted by Crippen LogP contribution is -2.46. The number of carbonyl (C=O) groups is 1. The second-order valence-electron chi connectivity index (χ2n) is 9.42. The minimum absolute atomic E-state index is 0.114. The second-order valence-corrected chi connectivity index (χ2v) is 14.1. The summed E-state index contributed by atoms with van der Waals surface area (Å²) in [4.78, 5) is 12.9. The topological polar surface area (TPSA) is 113 Å². The van der Waals surface area contributed by atoms with Gasteiger partial charge in [0.25, 0.3) is 0 Å². The van der Waals surface area contributed by atoms with E-state index in [1.54, 1.807) is 24.3 Å². The molecule has 2 heterocycles. The minimum Gasteiger partial charge on any atom is -0.492 e. The van der Waals surface area contributed by atoms with Gasteiger partial charge in [-0.05, 0) is 67.6 Å². The summed E-state index contributed by atoms with van der Waals surface area (Å²) >= 11 is 11.9. The Labute approximate surface area is 234 Å². The molecule has 2 aliphatic rings. The number of carbonyl (C=O) groups excluding carboxylic acids is 1. The smallest absolute Gasteiger partial charge is 0.243 e. The Morgan fingerprint density at radius 1 is 0.921 bits per heavy atom. The van der Waals surface area contributed by atoms with Gasteiger partial charge in [0.15, 0.2) is 0 Å². The van der Waals surface area contributed by atoms with Crippen molar-refractivity contribution in [3.8, 4) is 5.75 Å². The standard InChI is InChI=1S/C25H31Cl2N3O6S2/c26-23-10-5-19(16-24(23)27)18-37(32,33)30-14-3-4-20(17-30)25(31)28-11-15-36-21-6-8-22(9-7-21)38(34,35)29-12-1-2-13-29/h5-10,16,20H,1-4,11-15,17-18H2,(H,28,31)/t20-/m0/s1. The molecule has 0 saturated carbocycles. The van der Waals surface area contributed by atoms with Crippen molar-refractivity contribution in [2.75, 3.05) is 39.3 Å². The van der Waals surface area contributed by atoms with E-state index in [2.05, 4.69) is 5.32 Å². The van der Waals surface area contributed by atoms with Gasteiger partial charge in [-0.15, -0.1) is 0 Å². The molecule has 2 saturated heterocycles. The van der Waals surface area contributed by atoms with Crippen molar-refractivity contribution in [2.24, 2.45) is 5.92 Å². The molecule has 1 atom stereocenters. The van der Waals surface area contributed by atoms with Crippen molar-refractivity contribution in [3.63, 3.8) is 0 Å². The fraction of sp³-hybridized carbons (Fsp3) is 0.480. The summed E-state index contributed by atoms with van der Waals surface area (Å²) in [6, 6.07) is 11.0. The molecule has 38 heavy (non-hydrogen) atoms. The van der Waals surface area contributed by atoms with Crippen LogP contribution in [-0.4, -0.2) is 70.7 Å². The Bertz CT molecular complexity index is 1350. The summed E-state index contributed by atoms with van der Waals surface area (Å²) < 4.78 is 59.6. The predicted octanol–water partition coefficient (Wildman–Crippen LogP) is 3.51. The van der Waals surface area contributed by atoms with Gasteiger partial charge >= 0.3 is 0 Å². The number of rotatable bonds is 10. The Morgan fingerprint density at radius 3 is 2.29 bits per heavy atom. The van der Waals surface area contributed by atoms with E-state index in [-0.39, 0.29) is 36.3 Å². The molecule has 2 aromatic rings. The monoisotopic (exact) mass is 603 g/mol. The third-order valence-electron chi connectivity index (χ3n) is 6.68. The van der Waals surface area contributed by atoms with Gasteiger partial charge < -0.3 is 10.1 Å². The maximum absolute atomic E-state index is 13.0. The van der Waals surface area contributed by atoms with Gasteiger partial charge in [0.2, 0.25) is 26.0 Å². The maximum Gasteiger partial charge on any atom is 0.243 e. The van der Waals surface area contributed by atoms with Crippen molar-refractivity contribution in [1.29, 1.82) is 0 Å². The molecule has 2 aromatic carbocycles. The Kier molecular flexibility index (Phi) is 9.59. The van der Waals surface area contributed by atoms with Crippen molar-refractivity contribution in [1.82, 2.24) is 13.9 Å². The lowest BCUT2D eigenvalue weighted by molar-refractivity contribution is -0.126. The molecule has 2 aliphatic heterocycles. The number of nitrogens with zero attached hydrogens (tertiary/aromatic N) is 2. The quantitative estimate of drug-likeness (QED) is 0.416. The molecule has 0 spiro atoms. The number of piperidine rings is 1. The Balaban J connectivity index is 1.23. The highest BCUT2D eigenvalue weighted by molar-refractivity contribution is 7.89. The molecule has 0 unspecified atom stereocenters. The van der Waals surface area contributed by atoms with Crippen LogP contribution in [0.5, 0.6) is 5.75 Å². The summed E-state index contributed by atoms with van der Waals surface area (Å²) in [5, 5.41) is 3.46. The zero-order valence-corrected chi connectivity index (χ0v) is 24.0. The Hall–Kier alpha value is -1.89. The largest absolute Gasteiger partial charge is 0.492 e. The van der Waals surface area contributed by atoms with Crippen molar-refractivity contribution >= 4 is 49.2 Å². The van der Waals surface area contributed by atoms with E-state index in [0.717, 1.165) is 12.8 Å². The number of halogens is 2.